The highest BCUT2D eigenvalue weighted by Crippen LogP contribution is 2.20. The van der Waals surface area contributed by atoms with E-state index in [-0.39, 0.29) is 19.1 Å². The Morgan fingerprint density at radius 2 is 1.79 bits per heavy atom. The van der Waals surface area contributed by atoms with E-state index >= 15 is 0 Å². The summed E-state index contributed by atoms with van der Waals surface area (Å²) >= 11 is 0. The maximum atomic E-state index is 12.5. The lowest BCUT2D eigenvalue weighted by molar-refractivity contribution is 0.0512. The molecular formula is C16H26N4O3S. The molecule has 0 radical (unpaired) electrons. The maximum absolute atomic E-state index is 12.5. The standard InChI is InChI=1S/C16H26N4O3S/c1-18-7-9-19(10-8-18)15-12-20(13-16(15)21)24(22,23)17-11-14-5-3-2-4-6-14/h2-6,15-17,21H,7-13H2,1H3/t15-,16-/m0/s1. The average Bonchev–Trinajstić information content (AvgIpc) is 2.98. The lowest BCUT2D eigenvalue weighted by atomic mass is 10.1. The second-order valence-corrected chi connectivity index (χ2v) is 8.36. The minimum atomic E-state index is -3.59. The van der Waals surface area contributed by atoms with Gasteiger partial charge in [0.1, 0.15) is 0 Å². The van der Waals surface area contributed by atoms with E-state index in [1.807, 2.05) is 30.3 Å². The van der Waals surface area contributed by atoms with Crippen molar-refractivity contribution in [3.05, 3.63) is 35.9 Å². The summed E-state index contributed by atoms with van der Waals surface area (Å²) in [6.07, 6.45) is -0.637. The van der Waals surface area contributed by atoms with Crippen LogP contribution in [0.5, 0.6) is 0 Å². The third-order valence-electron chi connectivity index (χ3n) is 4.87. The summed E-state index contributed by atoms with van der Waals surface area (Å²) in [5.41, 5.74) is 0.913. The van der Waals surface area contributed by atoms with Crippen molar-refractivity contribution in [2.45, 2.75) is 18.7 Å². The number of aliphatic hydroxyl groups excluding tert-OH is 1. The lowest BCUT2D eigenvalue weighted by Crippen LogP contribution is -2.52. The Morgan fingerprint density at radius 3 is 2.46 bits per heavy atom. The fourth-order valence-electron chi connectivity index (χ4n) is 3.31. The first-order valence-corrected chi connectivity index (χ1v) is 9.79. The first kappa shape index (κ1) is 17.8. The number of hydrogen-bond donors (Lipinski definition) is 2. The molecule has 2 saturated heterocycles. The van der Waals surface area contributed by atoms with Crippen LogP contribution in [0, 0.1) is 0 Å². The van der Waals surface area contributed by atoms with Gasteiger partial charge in [0.25, 0.3) is 10.2 Å². The SMILES string of the molecule is CN1CCN([C@H]2CN(S(=O)(=O)NCc3ccccc3)C[C@@H]2O)CC1. The monoisotopic (exact) mass is 354 g/mol. The van der Waals surface area contributed by atoms with Gasteiger partial charge in [-0.05, 0) is 12.6 Å². The van der Waals surface area contributed by atoms with E-state index in [0.717, 1.165) is 31.7 Å². The van der Waals surface area contributed by atoms with Crippen molar-refractivity contribution in [3.63, 3.8) is 0 Å². The van der Waals surface area contributed by atoms with Crippen LogP contribution in [0.25, 0.3) is 0 Å². The van der Waals surface area contributed by atoms with Crippen molar-refractivity contribution >= 4 is 10.2 Å². The van der Waals surface area contributed by atoms with Gasteiger partial charge in [0.2, 0.25) is 0 Å². The third kappa shape index (κ3) is 4.14. The van der Waals surface area contributed by atoms with Crippen LogP contribution in [0.2, 0.25) is 0 Å². The fraction of sp³-hybridized carbons (Fsp3) is 0.625. The van der Waals surface area contributed by atoms with Crippen molar-refractivity contribution in [1.29, 1.82) is 0 Å². The highest BCUT2D eigenvalue weighted by molar-refractivity contribution is 7.87. The number of benzene rings is 1. The molecule has 2 fully saturated rings. The zero-order valence-corrected chi connectivity index (χ0v) is 14.8. The van der Waals surface area contributed by atoms with Crippen LogP contribution in [0.15, 0.2) is 30.3 Å². The molecule has 2 N–H and O–H groups in total. The Labute approximate surface area is 144 Å². The van der Waals surface area contributed by atoms with Gasteiger partial charge in [0.15, 0.2) is 0 Å². The molecule has 0 aromatic heterocycles. The van der Waals surface area contributed by atoms with Gasteiger partial charge >= 0.3 is 0 Å². The number of nitrogens with zero attached hydrogens (tertiary/aromatic N) is 3. The summed E-state index contributed by atoms with van der Waals surface area (Å²) in [5, 5.41) is 10.3. The van der Waals surface area contributed by atoms with E-state index in [9.17, 15) is 13.5 Å². The lowest BCUT2D eigenvalue weighted by Gasteiger charge is -2.37. The van der Waals surface area contributed by atoms with Gasteiger partial charge < -0.3 is 10.0 Å². The van der Waals surface area contributed by atoms with E-state index in [2.05, 4.69) is 21.6 Å². The summed E-state index contributed by atoms with van der Waals surface area (Å²) in [6.45, 7) is 4.38. The van der Waals surface area contributed by atoms with E-state index in [4.69, 9.17) is 0 Å². The topological polar surface area (TPSA) is 76.1 Å². The average molecular weight is 354 g/mol. The molecule has 2 aliphatic rings. The molecule has 2 atom stereocenters. The Balaban J connectivity index is 1.58. The van der Waals surface area contributed by atoms with Crippen LogP contribution in [-0.2, 0) is 16.8 Å². The Kier molecular flexibility index (Phi) is 5.53. The first-order chi connectivity index (χ1) is 11.5. The molecule has 0 aliphatic carbocycles. The zero-order chi connectivity index (χ0) is 17.2. The molecule has 0 bridgehead atoms. The Morgan fingerprint density at radius 1 is 1.12 bits per heavy atom. The molecule has 2 aliphatic heterocycles. The van der Waals surface area contributed by atoms with Gasteiger partial charge in [-0.25, -0.2) is 0 Å². The van der Waals surface area contributed by atoms with Gasteiger partial charge in [-0.15, -0.1) is 0 Å². The number of nitrogens with one attached hydrogen (secondary N) is 1. The van der Waals surface area contributed by atoms with Gasteiger partial charge in [0, 0.05) is 45.8 Å². The fourth-order valence-corrected chi connectivity index (χ4v) is 4.54. The van der Waals surface area contributed by atoms with Crippen molar-refractivity contribution in [3.8, 4) is 0 Å². The minimum absolute atomic E-state index is 0.119. The van der Waals surface area contributed by atoms with E-state index in [1.165, 1.54) is 4.31 Å². The predicted octanol–water partition coefficient (Wildman–Crippen LogP) is -0.686. The van der Waals surface area contributed by atoms with Crippen molar-refractivity contribution in [2.24, 2.45) is 0 Å². The minimum Gasteiger partial charge on any atom is -0.390 e. The molecular weight excluding hydrogens is 328 g/mol. The summed E-state index contributed by atoms with van der Waals surface area (Å²) < 4.78 is 29.0. The van der Waals surface area contributed by atoms with Gasteiger partial charge in [-0.1, -0.05) is 30.3 Å². The van der Waals surface area contributed by atoms with Gasteiger partial charge in [-0.3, -0.25) is 4.90 Å². The number of piperazine rings is 1. The molecule has 0 spiro atoms. The Hall–Kier alpha value is -1.03. The molecule has 1 aromatic carbocycles. The molecule has 134 valence electrons. The first-order valence-electron chi connectivity index (χ1n) is 8.35. The van der Waals surface area contributed by atoms with Gasteiger partial charge in [-0.2, -0.15) is 17.4 Å². The quantitative estimate of drug-likeness (QED) is 0.732. The molecule has 3 rings (SSSR count). The number of likely N-dealkylation sites (N-methyl/N-ethyl adjacent to an activating group) is 1. The van der Waals surface area contributed by atoms with Gasteiger partial charge in [0.05, 0.1) is 12.1 Å². The van der Waals surface area contributed by atoms with Crippen molar-refractivity contribution in [1.82, 2.24) is 18.8 Å². The van der Waals surface area contributed by atoms with Crippen molar-refractivity contribution in [2.75, 3.05) is 46.3 Å². The number of rotatable bonds is 5. The second-order valence-electron chi connectivity index (χ2n) is 6.60. The molecule has 0 unspecified atom stereocenters. The number of β-amino-alcohol motifs (C(OH)–C–C–N with tert-alkyl or cyclic N) is 1. The molecule has 2 heterocycles. The highest BCUT2D eigenvalue weighted by Gasteiger charge is 2.41. The normalized spacial score (nSPS) is 27.6. The Bertz CT molecular complexity index is 632. The summed E-state index contributed by atoms with van der Waals surface area (Å²) in [7, 11) is -1.51. The third-order valence-corrected chi connectivity index (χ3v) is 6.36. The van der Waals surface area contributed by atoms with Crippen LogP contribution in [0.3, 0.4) is 0 Å². The molecule has 8 heteroatoms. The van der Waals surface area contributed by atoms with E-state index in [1.54, 1.807) is 0 Å². The molecule has 0 saturated carbocycles. The molecule has 7 nitrogen and oxygen atoms in total. The van der Waals surface area contributed by atoms with E-state index in [0.29, 0.717) is 6.54 Å². The van der Waals surface area contributed by atoms with Crippen LogP contribution in [-0.4, -0.2) is 86.1 Å². The van der Waals surface area contributed by atoms with Crippen LogP contribution in [0.1, 0.15) is 5.56 Å². The largest absolute Gasteiger partial charge is 0.390 e. The number of hydrogen-bond acceptors (Lipinski definition) is 5. The zero-order valence-electron chi connectivity index (χ0n) is 14.0. The van der Waals surface area contributed by atoms with Crippen LogP contribution < -0.4 is 4.72 Å². The van der Waals surface area contributed by atoms with Crippen LogP contribution in [0.4, 0.5) is 0 Å². The summed E-state index contributed by atoms with van der Waals surface area (Å²) in [4.78, 5) is 4.45. The molecule has 0 amide bonds. The van der Waals surface area contributed by atoms with E-state index < -0.39 is 16.3 Å². The highest BCUT2D eigenvalue weighted by atomic mass is 32.2. The molecule has 1 aromatic rings. The summed E-state index contributed by atoms with van der Waals surface area (Å²) in [6, 6.07) is 9.31. The number of aliphatic hydroxyl groups is 1. The smallest absolute Gasteiger partial charge is 0.279 e. The molecule has 24 heavy (non-hydrogen) atoms. The van der Waals surface area contributed by atoms with Crippen LogP contribution >= 0.6 is 0 Å². The summed E-state index contributed by atoms with van der Waals surface area (Å²) in [5.74, 6) is 0. The van der Waals surface area contributed by atoms with Crippen molar-refractivity contribution < 1.29 is 13.5 Å². The predicted molar refractivity (Wildman–Crippen MR) is 92.6 cm³/mol. The maximum Gasteiger partial charge on any atom is 0.279 e. The second kappa shape index (κ2) is 7.47.